The highest BCUT2D eigenvalue weighted by molar-refractivity contribution is 7.89. The van der Waals surface area contributed by atoms with Gasteiger partial charge in [0.25, 0.3) is 5.91 Å². The van der Waals surface area contributed by atoms with Crippen molar-refractivity contribution in [1.82, 2.24) is 19.7 Å². The lowest BCUT2D eigenvalue weighted by molar-refractivity contribution is 0.0899. The Morgan fingerprint density at radius 2 is 1.90 bits per heavy atom. The van der Waals surface area contributed by atoms with Gasteiger partial charge in [-0.1, -0.05) is 11.6 Å². The second-order valence-electron chi connectivity index (χ2n) is 9.65. The Labute approximate surface area is 178 Å². The van der Waals surface area contributed by atoms with E-state index in [1.807, 2.05) is 7.05 Å². The number of nitrogens with one attached hydrogen (secondary N) is 1. The predicted molar refractivity (Wildman–Crippen MR) is 112 cm³/mol. The molecule has 4 fully saturated rings. The zero-order valence-electron chi connectivity index (χ0n) is 17.6. The average molecular weight is 437 g/mol. The Balaban J connectivity index is 1.21. The molecule has 1 amide bonds. The molecule has 1 aromatic heterocycles. The second kappa shape index (κ2) is 7.91. The van der Waals surface area contributed by atoms with Crippen LogP contribution in [0.4, 0.5) is 0 Å². The minimum absolute atomic E-state index is 0.00715. The fourth-order valence-electron chi connectivity index (χ4n) is 5.61. The van der Waals surface area contributed by atoms with Crippen molar-refractivity contribution in [1.29, 1.82) is 0 Å². The van der Waals surface area contributed by atoms with E-state index in [1.54, 1.807) is 10.4 Å². The fraction of sp³-hybridized carbons (Fsp3) is 0.810. The molecular formula is C21H32N4O4S. The number of fused-ring (bicyclic) bond motifs is 2. The quantitative estimate of drug-likeness (QED) is 0.734. The van der Waals surface area contributed by atoms with Gasteiger partial charge in [0, 0.05) is 36.2 Å². The lowest BCUT2D eigenvalue weighted by Crippen LogP contribution is -2.54. The molecule has 1 saturated carbocycles. The number of amides is 1. The van der Waals surface area contributed by atoms with Gasteiger partial charge in [0.2, 0.25) is 10.0 Å². The van der Waals surface area contributed by atoms with Crippen molar-refractivity contribution >= 4 is 15.9 Å². The Bertz CT molecular complexity index is 883. The second-order valence-corrected chi connectivity index (χ2v) is 11.6. The maximum atomic E-state index is 13.3. The number of rotatable bonds is 6. The summed E-state index contributed by atoms with van der Waals surface area (Å²) in [6, 6.07) is 1.84. The van der Waals surface area contributed by atoms with E-state index in [-0.39, 0.29) is 35.8 Å². The Hall–Kier alpha value is -1.45. The summed E-state index contributed by atoms with van der Waals surface area (Å²) in [6.07, 6.45) is 8.53. The number of carbonyl (C=O) groups is 1. The third-order valence-electron chi connectivity index (χ3n) is 7.39. The van der Waals surface area contributed by atoms with Crippen LogP contribution in [0, 0.1) is 0 Å². The zero-order chi connectivity index (χ0) is 20.9. The number of piperidine rings is 2. The summed E-state index contributed by atoms with van der Waals surface area (Å²) in [5.74, 6) is 1.23. The summed E-state index contributed by atoms with van der Waals surface area (Å²) < 4.78 is 33.6. The summed E-state index contributed by atoms with van der Waals surface area (Å²) in [6.45, 7) is 0.978. The van der Waals surface area contributed by atoms with Gasteiger partial charge in [0.15, 0.2) is 5.69 Å². The predicted octanol–water partition coefficient (Wildman–Crippen LogP) is 2.09. The topological polar surface area (TPSA) is 95.8 Å². The molecule has 4 atom stereocenters. The summed E-state index contributed by atoms with van der Waals surface area (Å²) in [4.78, 5) is 14.8. The summed E-state index contributed by atoms with van der Waals surface area (Å²) >= 11 is 0. The van der Waals surface area contributed by atoms with Crippen LogP contribution < -0.4 is 5.32 Å². The van der Waals surface area contributed by atoms with Crippen molar-refractivity contribution in [2.24, 2.45) is 0 Å². The average Bonchev–Trinajstić information content (AvgIpc) is 3.35. The van der Waals surface area contributed by atoms with Crippen LogP contribution in [0.1, 0.15) is 80.0 Å². The first-order valence-electron chi connectivity index (χ1n) is 11.4. The van der Waals surface area contributed by atoms with E-state index in [4.69, 9.17) is 4.52 Å². The van der Waals surface area contributed by atoms with E-state index in [1.165, 1.54) is 0 Å². The van der Waals surface area contributed by atoms with Crippen LogP contribution in [0.15, 0.2) is 10.6 Å². The molecule has 9 heteroatoms. The molecule has 1 N–H and O–H groups in total. The number of carbonyl (C=O) groups excluding carboxylic acids is 1. The van der Waals surface area contributed by atoms with Gasteiger partial charge >= 0.3 is 0 Å². The molecule has 30 heavy (non-hydrogen) atoms. The third-order valence-corrected chi connectivity index (χ3v) is 9.43. The molecule has 2 bridgehead atoms. The lowest BCUT2D eigenvalue weighted by Gasteiger charge is -2.40. The molecule has 0 spiro atoms. The Morgan fingerprint density at radius 3 is 2.57 bits per heavy atom. The van der Waals surface area contributed by atoms with Gasteiger partial charge in [-0.3, -0.25) is 4.79 Å². The van der Waals surface area contributed by atoms with Crippen LogP contribution in [0.2, 0.25) is 0 Å². The number of sulfonamides is 1. The molecule has 0 radical (unpaired) electrons. The maximum Gasteiger partial charge on any atom is 0.273 e. The number of aromatic nitrogens is 1. The monoisotopic (exact) mass is 436 g/mol. The molecule has 3 saturated heterocycles. The zero-order valence-corrected chi connectivity index (χ0v) is 18.4. The van der Waals surface area contributed by atoms with E-state index < -0.39 is 10.0 Å². The number of hydrogen-bond donors (Lipinski definition) is 1. The molecule has 4 heterocycles. The normalized spacial score (nSPS) is 33.0. The van der Waals surface area contributed by atoms with E-state index in [0.717, 1.165) is 57.3 Å². The van der Waals surface area contributed by atoms with Crippen LogP contribution >= 0.6 is 0 Å². The first kappa shape index (κ1) is 20.5. The molecule has 5 rings (SSSR count). The van der Waals surface area contributed by atoms with Crippen LogP contribution in [-0.4, -0.2) is 72.2 Å². The number of hydrogen-bond acceptors (Lipinski definition) is 6. The van der Waals surface area contributed by atoms with Crippen LogP contribution in [0.3, 0.4) is 0 Å². The SMILES string of the molecule is CN1CCCC[C@H]1CS(=O)(=O)N1[C@@H]2CC[C@H]1CC(NC(=O)c1cc(C3CC3)on1)C2. The van der Waals surface area contributed by atoms with Crippen molar-refractivity contribution in [3.63, 3.8) is 0 Å². The molecule has 1 unspecified atom stereocenters. The van der Waals surface area contributed by atoms with Gasteiger partial charge in [-0.25, -0.2) is 8.42 Å². The molecule has 1 aliphatic carbocycles. The fourth-order valence-corrected chi connectivity index (χ4v) is 7.98. The molecule has 1 aromatic rings. The lowest BCUT2D eigenvalue weighted by atomic mass is 9.99. The van der Waals surface area contributed by atoms with Gasteiger partial charge in [-0.05, 0) is 65.0 Å². The van der Waals surface area contributed by atoms with Gasteiger partial charge in [-0.15, -0.1) is 0 Å². The van der Waals surface area contributed by atoms with Gasteiger partial charge in [0.1, 0.15) is 5.76 Å². The molecule has 8 nitrogen and oxygen atoms in total. The molecule has 166 valence electrons. The van der Waals surface area contributed by atoms with Crippen LogP contribution in [-0.2, 0) is 10.0 Å². The molecular weight excluding hydrogens is 404 g/mol. The standard InChI is InChI=1S/C21H32N4O4S/c1-24-9-3-2-4-18(24)13-30(27,28)25-16-7-8-17(25)11-15(10-16)22-21(26)19-12-20(29-23-19)14-5-6-14/h12,14-18H,2-11,13H2,1H3,(H,22,26)/t15?,16-,17+,18-/m0/s1. The molecule has 0 aromatic carbocycles. The van der Waals surface area contributed by atoms with Crippen molar-refractivity contribution in [3.05, 3.63) is 17.5 Å². The van der Waals surface area contributed by atoms with E-state index in [0.29, 0.717) is 24.5 Å². The Morgan fingerprint density at radius 1 is 1.17 bits per heavy atom. The van der Waals surface area contributed by atoms with E-state index >= 15 is 0 Å². The Kier molecular flexibility index (Phi) is 5.39. The van der Waals surface area contributed by atoms with Crippen molar-refractivity contribution in [3.8, 4) is 0 Å². The summed E-state index contributed by atoms with van der Waals surface area (Å²) in [5.41, 5.74) is 0.333. The third kappa shape index (κ3) is 4.03. The van der Waals surface area contributed by atoms with Crippen LogP contribution in [0.5, 0.6) is 0 Å². The minimum atomic E-state index is -3.30. The molecule has 4 aliphatic rings. The molecule has 3 aliphatic heterocycles. The van der Waals surface area contributed by atoms with Gasteiger partial charge < -0.3 is 14.7 Å². The van der Waals surface area contributed by atoms with Gasteiger partial charge in [-0.2, -0.15) is 4.31 Å². The van der Waals surface area contributed by atoms with Crippen LogP contribution in [0.25, 0.3) is 0 Å². The minimum Gasteiger partial charge on any atom is -0.360 e. The largest absolute Gasteiger partial charge is 0.360 e. The first-order valence-corrected chi connectivity index (χ1v) is 13.0. The number of nitrogens with zero attached hydrogens (tertiary/aromatic N) is 3. The number of likely N-dealkylation sites (tertiary alicyclic amines) is 1. The summed E-state index contributed by atoms with van der Waals surface area (Å²) in [7, 11) is -1.27. The van der Waals surface area contributed by atoms with E-state index in [9.17, 15) is 13.2 Å². The maximum absolute atomic E-state index is 13.3. The highest BCUT2D eigenvalue weighted by atomic mass is 32.2. The van der Waals surface area contributed by atoms with Crippen molar-refractivity contribution in [2.45, 2.75) is 87.9 Å². The van der Waals surface area contributed by atoms with Crippen molar-refractivity contribution < 1.29 is 17.7 Å². The van der Waals surface area contributed by atoms with Gasteiger partial charge in [0.05, 0.1) is 5.75 Å². The van der Waals surface area contributed by atoms with E-state index in [2.05, 4.69) is 15.4 Å². The van der Waals surface area contributed by atoms with Crippen molar-refractivity contribution in [2.75, 3.05) is 19.3 Å². The summed E-state index contributed by atoms with van der Waals surface area (Å²) in [5, 5.41) is 7.00. The highest BCUT2D eigenvalue weighted by Crippen LogP contribution is 2.41. The smallest absolute Gasteiger partial charge is 0.273 e. The first-order chi connectivity index (χ1) is 14.4. The highest BCUT2D eigenvalue weighted by Gasteiger charge is 2.47.